The van der Waals surface area contributed by atoms with E-state index < -0.39 is 5.97 Å². The quantitative estimate of drug-likeness (QED) is 0.352. The van der Waals surface area contributed by atoms with Crippen LogP contribution in [0.5, 0.6) is 0 Å². The third kappa shape index (κ3) is 9.96. The number of hydrogen-bond acceptors (Lipinski definition) is 3. The van der Waals surface area contributed by atoms with Crippen molar-refractivity contribution in [3.8, 4) is 6.07 Å². The second kappa shape index (κ2) is 9.96. The van der Waals surface area contributed by atoms with E-state index in [1.807, 2.05) is 6.92 Å². The zero-order valence-electron chi connectivity index (χ0n) is 7.09. The molecule has 0 aliphatic heterocycles. The molecular formula is C7H11NNaO2. The van der Waals surface area contributed by atoms with Crippen LogP contribution in [0, 0.1) is 11.3 Å². The smallest absolute Gasteiger partial charge is 0.320 e. The van der Waals surface area contributed by atoms with E-state index in [1.165, 1.54) is 0 Å². The van der Waals surface area contributed by atoms with Gasteiger partial charge in [0.2, 0.25) is 0 Å². The van der Waals surface area contributed by atoms with Crippen LogP contribution in [0.3, 0.4) is 0 Å². The predicted molar refractivity (Wildman–Crippen MR) is 41.9 cm³/mol. The number of carbonyl (C=O) groups is 1. The van der Waals surface area contributed by atoms with E-state index >= 15 is 0 Å². The van der Waals surface area contributed by atoms with Crippen molar-refractivity contribution in [2.24, 2.45) is 0 Å². The summed E-state index contributed by atoms with van der Waals surface area (Å²) in [6.45, 7) is 2.45. The Morgan fingerprint density at radius 3 is 2.73 bits per heavy atom. The largest absolute Gasteiger partial charge is 0.465 e. The van der Waals surface area contributed by atoms with Crippen LogP contribution in [0.25, 0.3) is 0 Å². The van der Waals surface area contributed by atoms with Crippen molar-refractivity contribution in [1.82, 2.24) is 0 Å². The third-order valence-electron chi connectivity index (χ3n) is 0.984. The number of carbonyl (C=O) groups excluding carboxylic acids is 1. The summed E-state index contributed by atoms with van der Waals surface area (Å²) in [7, 11) is 0. The van der Waals surface area contributed by atoms with Gasteiger partial charge in [-0.15, -0.1) is 0 Å². The molecule has 0 saturated heterocycles. The normalized spacial score (nSPS) is 7.64. The van der Waals surface area contributed by atoms with Crippen molar-refractivity contribution in [3.05, 3.63) is 0 Å². The summed E-state index contributed by atoms with van der Waals surface area (Å²) < 4.78 is 4.66. The molecule has 0 saturated carbocycles. The summed E-state index contributed by atoms with van der Waals surface area (Å²) in [4.78, 5) is 10.5. The summed E-state index contributed by atoms with van der Waals surface area (Å²) in [5, 5.41) is 8.04. The fraction of sp³-hybridized carbons (Fsp3) is 0.714. The van der Waals surface area contributed by atoms with Gasteiger partial charge in [-0.25, -0.2) is 0 Å². The molecule has 0 heterocycles. The average molecular weight is 164 g/mol. The number of nitriles is 1. The molecule has 11 heavy (non-hydrogen) atoms. The molecule has 0 aliphatic carbocycles. The van der Waals surface area contributed by atoms with Crippen molar-refractivity contribution in [3.63, 3.8) is 0 Å². The summed E-state index contributed by atoms with van der Waals surface area (Å²) in [6.07, 6.45) is 1.74. The van der Waals surface area contributed by atoms with Crippen LogP contribution in [-0.4, -0.2) is 42.1 Å². The van der Waals surface area contributed by atoms with Gasteiger partial charge in [0.05, 0.1) is 12.7 Å². The van der Waals surface area contributed by atoms with E-state index in [0.717, 1.165) is 12.8 Å². The van der Waals surface area contributed by atoms with Gasteiger partial charge in [0.1, 0.15) is 6.42 Å². The van der Waals surface area contributed by atoms with Crippen LogP contribution in [0.1, 0.15) is 26.2 Å². The number of esters is 1. The number of unbranched alkanes of at least 4 members (excludes halogenated alkanes) is 1. The van der Waals surface area contributed by atoms with Crippen molar-refractivity contribution < 1.29 is 9.53 Å². The molecule has 0 N–H and O–H groups in total. The molecule has 0 aromatic rings. The van der Waals surface area contributed by atoms with Crippen LogP contribution in [0.2, 0.25) is 0 Å². The summed E-state index contributed by atoms with van der Waals surface area (Å²) in [5.41, 5.74) is 0. The molecule has 0 aliphatic rings. The molecule has 0 aromatic carbocycles. The molecule has 0 amide bonds. The van der Waals surface area contributed by atoms with E-state index in [9.17, 15) is 4.79 Å². The molecule has 1 radical (unpaired) electrons. The van der Waals surface area contributed by atoms with E-state index in [1.54, 1.807) is 6.07 Å². The summed E-state index contributed by atoms with van der Waals surface area (Å²) >= 11 is 0. The maximum absolute atomic E-state index is 10.5. The van der Waals surface area contributed by atoms with Gasteiger partial charge in [-0.2, -0.15) is 5.26 Å². The fourth-order valence-electron chi connectivity index (χ4n) is 0.446. The Kier molecular flexibility index (Phi) is 12.3. The van der Waals surface area contributed by atoms with Gasteiger partial charge in [0.25, 0.3) is 0 Å². The molecule has 3 nitrogen and oxygen atoms in total. The van der Waals surface area contributed by atoms with Gasteiger partial charge in [0, 0.05) is 29.6 Å². The Bertz CT molecular complexity index is 142. The van der Waals surface area contributed by atoms with Crippen molar-refractivity contribution in [2.75, 3.05) is 6.61 Å². The zero-order valence-corrected chi connectivity index (χ0v) is 9.09. The van der Waals surface area contributed by atoms with E-state index in [2.05, 4.69) is 4.74 Å². The van der Waals surface area contributed by atoms with Crippen LogP contribution < -0.4 is 0 Å². The molecule has 4 heteroatoms. The van der Waals surface area contributed by atoms with E-state index in [0.29, 0.717) is 6.61 Å². The second-order valence-electron chi connectivity index (χ2n) is 1.91. The van der Waals surface area contributed by atoms with Gasteiger partial charge in [-0.3, -0.25) is 4.79 Å². The maximum Gasteiger partial charge on any atom is 0.320 e. The van der Waals surface area contributed by atoms with E-state index in [4.69, 9.17) is 5.26 Å². The minimum Gasteiger partial charge on any atom is -0.465 e. The Morgan fingerprint density at radius 1 is 1.64 bits per heavy atom. The minimum absolute atomic E-state index is 0. The molecule has 0 aromatic heterocycles. The van der Waals surface area contributed by atoms with Crippen molar-refractivity contribution >= 4 is 35.5 Å². The zero-order chi connectivity index (χ0) is 7.82. The first-order valence-electron chi connectivity index (χ1n) is 3.33. The Labute approximate surface area is 89.0 Å². The first-order chi connectivity index (χ1) is 4.81. The van der Waals surface area contributed by atoms with Gasteiger partial charge < -0.3 is 4.74 Å². The fourth-order valence-corrected chi connectivity index (χ4v) is 0.446. The van der Waals surface area contributed by atoms with Crippen molar-refractivity contribution in [2.45, 2.75) is 26.2 Å². The topological polar surface area (TPSA) is 50.1 Å². The summed E-state index contributed by atoms with van der Waals surface area (Å²) in [6, 6.07) is 1.72. The van der Waals surface area contributed by atoms with Gasteiger partial charge in [-0.05, 0) is 6.42 Å². The molecule has 0 bridgehead atoms. The van der Waals surface area contributed by atoms with Crippen LogP contribution in [0.4, 0.5) is 0 Å². The minimum atomic E-state index is -0.420. The molecule has 0 spiro atoms. The first-order valence-corrected chi connectivity index (χ1v) is 3.33. The maximum atomic E-state index is 10.5. The van der Waals surface area contributed by atoms with Gasteiger partial charge in [-0.1, -0.05) is 13.3 Å². The van der Waals surface area contributed by atoms with Crippen LogP contribution >= 0.6 is 0 Å². The average Bonchev–Trinajstić information content (AvgIpc) is 1.89. The van der Waals surface area contributed by atoms with Crippen LogP contribution in [0.15, 0.2) is 0 Å². The predicted octanol–water partition coefficient (Wildman–Crippen LogP) is 0.863. The molecule has 0 rings (SSSR count). The van der Waals surface area contributed by atoms with Crippen molar-refractivity contribution in [1.29, 1.82) is 5.26 Å². The molecule has 0 atom stereocenters. The summed E-state index contributed by atoms with van der Waals surface area (Å²) in [5.74, 6) is -0.420. The standard InChI is InChI=1S/C7H11NO2.Na/c1-2-3-6-10-7(9)4-5-8;/h2-4,6H2,1H3;. The molecular weight excluding hydrogens is 153 g/mol. The monoisotopic (exact) mass is 164 g/mol. The van der Waals surface area contributed by atoms with Crippen LogP contribution in [-0.2, 0) is 9.53 Å². The number of ether oxygens (including phenoxy) is 1. The van der Waals surface area contributed by atoms with Gasteiger partial charge in [0.15, 0.2) is 0 Å². The third-order valence-corrected chi connectivity index (χ3v) is 0.984. The van der Waals surface area contributed by atoms with Gasteiger partial charge >= 0.3 is 5.97 Å². The SMILES string of the molecule is CCCCOC(=O)CC#N.[Na]. The Balaban J connectivity index is 0. The van der Waals surface area contributed by atoms with E-state index in [-0.39, 0.29) is 36.0 Å². The molecule has 0 unspecified atom stereocenters. The first kappa shape index (κ1) is 13.5. The number of nitrogens with zero attached hydrogens (tertiary/aromatic N) is 1. The molecule has 57 valence electrons. The number of hydrogen-bond donors (Lipinski definition) is 0. The Hall–Kier alpha value is -0.0400. The second-order valence-corrected chi connectivity index (χ2v) is 1.91. The Morgan fingerprint density at radius 2 is 2.27 bits per heavy atom. The number of rotatable bonds is 4. The molecule has 0 fully saturated rings.